The summed E-state index contributed by atoms with van der Waals surface area (Å²) in [6.07, 6.45) is 3.43. The van der Waals surface area contributed by atoms with Gasteiger partial charge in [0, 0.05) is 11.6 Å². The van der Waals surface area contributed by atoms with E-state index in [0.717, 1.165) is 36.2 Å². The number of hydrogen-bond acceptors (Lipinski definition) is 2. The third-order valence-electron chi connectivity index (χ3n) is 3.12. The Kier molecular flexibility index (Phi) is 4.46. The van der Waals surface area contributed by atoms with Crippen LogP contribution in [-0.4, -0.2) is 13.2 Å². The van der Waals surface area contributed by atoms with E-state index in [1.807, 2.05) is 0 Å². The van der Waals surface area contributed by atoms with E-state index in [-0.39, 0.29) is 0 Å². The van der Waals surface area contributed by atoms with Gasteiger partial charge in [0.2, 0.25) is 0 Å². The highest BCUT2D eigenvalue weighted by Crippen LogP contribution is 2.38. The van der Waals surface area contributed by atoms with Crippen molar-refractivity contribution in [1.82, 2.24) is 5.32 Å². The molecule has 0 fully saturated rings. The van der Waals surface area contributed by atoms with Crippen molar-refractivity contribution in [3.05, 3.63) is 27.7 Å². The summed E-state index contributed by atoms with van der Waals surface area (Å²) >= 11 is 3.61. The van der Waals surface area contributed by atoms with Crippen molar-refractivity contribution in [2.75, 3.05) is 13.2 Å². The molecule has 94 valence electrons. The topological polar surface area (TPSA) is 21.3 Å². The van der Waals surface area contributed by atoms with Gasteiger partial charge in [0.05, 0.1) is 11.1 Å². The molecule has 0 aliphatic carbocycles. The van der Waals surface area contributed by atoms with Crippen LogP contribution < -0.4 is 10.1 Å². The molecule has 0 amide bonds. The van der Waals surface area contributed by atoms with E-state index < -0.39 is 0 Å². The van der Waals surface area contributed by atoms with Crippen molar-refractivity contribution in [3.8, 4) is 5.75 Å². The van der Waals surface area contributed by atoms with Crippen molar-refractivity contribution >= 4 is 15.9 Å². The molecule has 3 heteroatoms. The SMILES string of the molecule is CCCNC1CCCOc2c(Br)cc(C)cc21. The number of halogens is 1. The second-order valence-corrected chi connectivity index (χ2v) is 5.52. The minimum Gasteiger partial charge on any atom is -0.492 e. The minimum atomic E-state index is 0.434. The van der Waals surface area contributed by atoms with Crippen molar-refractivity contribution in [2.24, 2.45) is 0 Å². The van der Waals surface area contributed by atoms with Gasteiger partial charge in [0.15, 0.2) is 0 Å². The fraction of sp³-hybridized carbons (Fsp3) is 0.571. The zero-order chi connectivity index (χ0) is 12.3. The molecule has 1 aromatic rings. The Balaban J connectivity index is 2.33. The summed E-state index contributed by atoms with van der Waals surface area (Å²) in [6, 6.07) is 4.81. The molecule has 1 aromatic carbocycles. The summed E-state index contributed by atoms with van der Waals surface area (Å²) in [7, 11) is 0. The molecule has 0 radical (unpaired) electrons. The monoisotopic (exact) mass is 297 g/mol. The second-order valence-electron chi connectivity index (χ2n) is 4.66. The normalized spacial score (nSPS) is 19.4. The van der Waals surface area contributed by atoms with Gasteiger partial charge in [-0.3, -0.25) is 0 Å². The van der Waals surface area contributed by atoms with E-state index in [2.05, 4.69) is 47.2 Å². The summed E-state index contributed by atoms with van der Waals surface area (Å²) in [4.78, 5) is 0. The third-order valence-corrected chi connectivity index (χ3v) is 3.71. The Hall–Kier alpha value is -0.540. The van der Waals surface area contributed by atoms with E-state index in [1.165, 1.54) is 17.5 Å². The molecule has 0 bridgehead atoms. The first-order valence-electron chi connectivity index (χ1n) is 6.38. The van der Waals surface area contributed by atoms with Gasteiger partial charge in [-0.2, -0.15) is 0 Å². The molecule has 17 heavy (non-hydrogen) atoms. The molecular weight excluding hydrogens is 278 g/mol. The third kappa shape index (κ3) is 3.02. The first-order chi connectivity index (χ1) is 8.22. The van der Waals surface area contributed by atoms with Crippen LogP contribution in [0.2, 0.25) is 0 Å². The molecule has 1 heterocycles. The lowest BCUT2D eigenvalue weighted by Gasteiger charge is -2.19. The largest absolute Gasteiger partial charge is 0.492 e. The average molecular weight is 298 g/mol. The van der Waals surface area contributed by atoms with Crippen molar-refractivity contribution in [1.29, 1.82) is 0 Å². The molecule has 0 spiro atoms. The van der Waals surface area contributed by atoms with Crippen molar-refractivity contribution in [3.63, 3.8) is 0 Å². The average Bonchev–Trinajstić information content (AvgIpc) is 2.49. The fourth-order valence-corrected chi connectivity index (χ4v) is 3.02. The van der Waals surface area contributed by atoms with Crippen LogP contribution in [0, 0.1) is 6.92 Å². The summed E-state index contributed by atoms with van der Waals surface area (Å²) in [5.41, 5.74) is 2.59. The van der Waals surface area contributed by atoms with Gasteiger partial charge in [-0.25, -0.2) is 0 Å². The lowest BCUT2D eigenvalue weighted by atomic mass is 10.00. The Bertz CT molecular complexity index is 392. The molecule has 1 aliphatic rings. The molecule has 1 unspecified atom stereocenters. The summed E-state index contributed by atoms with van der Waals surface area (Å²) in [5.74, 6) is 1.03. The quantitative estimate of drug-likeness (QED) is 0.911. The van der Waals surface area contributed by atoms with E-state index in [1.54, 1.807) is 0 Å². The summed E-state index contributed by atoms with van der Waals surface area (Å²) < 4.78 is 6.94. The van der Waals surface area contributed by atoms with E-state index >= 15 is 0 Å². The maximum absolute atomic E-state index is 5.86. The number of benzene rings is 1. The number of ether oxygens (including phenoxy) is 1. The van der Waals surface area contributed by atoms with Crippen LogP contribution in [0.3, 0.4) is 0 Å². The van der Waals surface area contributed by atoms with Crippen LogP contribution in [0.4, 0.5) is 0 Å². The number of hydrogen-bond donors (Lipinski definition) is 1. The first kappa shape index (κ1) is 12.9. The van der Waals surface area contributed by atoms with E-state index in [9.17, 15) is 0 Å². The molecule has 1 atom stereocenters. The van der Waals surface area contributed by atoms with Crippen LogP contribution >= 0.6 is 15.9 Å². The highest BCUT2D eigenvalue weighted by atomic mass is 79.9. The molecule has 0 saturated heterocycles. The van der Waals surface area contributed by atoms with E-state index in [0.29, 0.717) is 6.04 Å². The zero-order valence-corrected chi connectivity index (χ0v) is 12.1. The van der Waals surface area contributed by atoms with Crippen LogP contribution in [0.25, 0.3) is 0 Å². The fourth-order valence-electron chi connectivity index (χ4n) is 2.31. The lowest BCUT2D eigenvalue weighted by Crippen LogP contribution is -2.21. The van der Waals surface area contributed by atoms with Gasteiger partial charge >= 0.3 is 0 Å². The Morgan fingerprint density at radius 2 is 2.29 bits per heavy atom. The lowest BCUT2D eigenvalue weighted by molar-refractivity contribution is 0.313. The number of fused-ring (bicyclic) bond motifs is 1. The molecule has 1 aliphatic heterocycles. The van der Waals surface area contributed by atoms with Crippen molar-refractivity contribution in [2.45, 2.75) is 39.2 Å². The maximum Gasteiger partial charge on any atom is 0.138 e. The number of aryl methyl sites for hydroxylation is 1. The van der Waals surface area contributed by atoms with Gasteiger partial charge in [0.25, 0.3) is 0 Å². The Morgan fingerprint density at radius 3 is 3.06 bits per heavy atom. The van der Waals surface area contributed by atoms with E-state index in [4.69, 9.17) is 4.74 Å². The Labute approximate surface area is 112 Å². The predicted molar refractivity (Wildman–Crippen MR) is 74.6 cm³/mol. The smallest absolute Gasteiger partial charge is 0.138 e. The molecule has 2 nitrogen and oxygen atoms in total. The van der Waals surface area contributed by atoms with Crippen LogP contribution in [0.15, 0.2) is 16.6 Å². The van der Waals surface area contributed by atoms with Crippen LogP contribution in [-0.2, 0) is 0 Å². The molecule has 0 saturated carbocycles. The van der Waals surface area contributed by atoms with Gasteiger partial charge in [-0.15, -0.1) is 0 Å². The van der Waals surface area contributed by atoms with Crippen LogP contribution in [0.5, 0.6) is 5.75 Å². The number of rotatable bonds is 3. The van der Waals surface area contributed by atoms with Gasteiger partial charge in [-0.05, 0) is 60.3 Å². The summed E-state index contributed by atoms with van der Waals surface area (Å²) in [5, 5.41) is 3.62. The van der Waals surface area contributed by atoms with Gasteiger partial charge in [-0.1, -0.05) is 13.0 Å². The molecule has 1 N–H and O–H groups in total. The second kappa shape index (κ2) is 5.87. The predicted octanol–water partition coefficient (Wildman–Crippen LogP) is 3.97. The Morgan fingerprint density at radius 1 is 1.47 bits per heavy atom. The molecular formula is C14H20BrNO. The summed E-state index contributed by atoms with van der Waals surface area (Å²) in [6.45, 7) is 6.22. The molecule has 0 aromatic heterocycles. The van der Waals surface area contributed by atoms with Gasteiger partial charge < -0.3 is 10.1 Å². The van der Waals surface area contributed by atoms with Crippen molar-refractivity contribution < 1.29 is 4.74 Å². The maximum atomic E-state index is 5.86. The molecule has 2 rings (SSSR count). The van der Waals surface area contributed by atoms with Crippen LogP contribution in [0.1, 0.15) is 43.4 Å². The highest BCUT2D eigenvalue weighted by molar-refractivity contribution is 9.10. The minimum absolute atomic E-state index is 0.434. The number of nitrogens with one attached hydrogen (secondary N) is 1. The first-order valence-corrected chi connectivity index (χ1v) is 7.18. The van der Waals surface area contributed by atoms with Gasteiger partial charge in [0.1, 0.15) is 5.75 Å². The standard InChI is InChI=1S/C14H20BrNO/c1-3-6-16-13-5-4-7-17-14-11(13)8-10(2)9-12(14)15/h8-9,13,16H,3-7H2,1-2H3. The zero-order valence-electron chi connectivity index (χ0n) is 10.6. The highest BCUT2D eigenvalue weighted by Gasteiger charge is 2.21.